The van der Waals surface area contributed by atoms with Gasteiger partial charge >= 0.3 is 0 Å². The number of nitrogens with zero attached hydrogens (tertiary/aromatic N) is 1. The number of anilines is 1. The lowest BCUT2D eigenvalue weighted by Gasteiger charge is -2.32. The Labute approximate surface area is 93.4 Å². The molecule has 1 nitrogen and oxygen atoms in total. The first-order valence-corrected chi connectivity index (χ1v) is 5.66. The Kier molecular flexibility index (Phi) is 4.96. The van der Waals surface area contributed by atoms with Crippen LogP contribution in [0.2, 0.25) is 0 Å². The number of hydrogen-bond donors (Lipinski definition) is 0. The molecule has 0 N–H and O–H groups in total. The summed E-state index contributed by atoms with van der Waals surface area (Å²) in [7, 11) is 0. The molecule has 1 aromatic carbocycles. The first-order chi connectivity index (χ1) is 7.36. The largest absolute Gasteiger partial charge is 0.372 e. The van der Waals surface area contributed by atoms with Gasteiger partial charge in [-0.15, -0.1) is 13.2 Å². The van der Waals surface area contributed by atoms with E-state index in [0.717, 1.165) is 5.92 Å². The topological polar surface area (TPSA) is 3.24 Å². The molecule has 1 heterocycles. The highest BCUT2D eigenvalue weighted by Gasteiger charge is 2.15. The number of piperidine rings is 1. The number of para-hydroxylation sites is 1. The van der Waals surface area contributed by atoms with Crippen LogP contribution in [0.4, 0.5) is 5.69 Å². The second-order valence-electron chi connectivity index (χ2n) is 4.01. The van der Waals surface area contributed by atoms with E-state index in [1.54, 1.807) is 0 Å². The van der Waals surface area contributed by atoms with Crippen LogP contribution in [0.5, 0.6) is 0 Å². The minimum absolute atomic E-state index is 0.917. The average Bonchev–Trinajstić information content (AvgIpc) is 2.34. The maximum atomic E-state index is 3.00. The quantitative estimate of drug-likeness (QED) is 0.629. The zero-order valence-electron chi connectivity index (χ0n) is 9.65. The molecule has 0 spiro atoms. The van der Waals surface area contributed by atoms with Crippen LogP contribution in [-0.2, 0) is 0 Å². The summed E-state index contributed by atoms with van der Waals surface area (Å²) < 4.78 is 0. The maximum absolute atomic E-state index is 3.00. The molecule has 2 rings (SSSR count). The van der Waals surface area contributed by atoms with E-state index in [-0.39, 0.29) is 0 Å². The van der Waals surface area contributed by atoms with Gasteiger partial charge in [-0.3, -0.25) is 0 Å². The molecule has 1 aromatic rings. The summed E-state index contributed by atoms with van der Waals surface area (Å²) in [5.74, 6) is 0.917. The van der Waals surface area contributed by atoms with E-state index >= 15 is 0 Å². The summed E-state index contributed by atoms with van der Waals surface area (Å²) in [6, 6.07) is 10.7. The molecule has 0 amide bonds. The third-order valence-corrected chi connectivity index (χ3v) is 2.90. The van der Waals surface area contributed by atoms with Crippen molar-refractivity contribution in [3.05, 3.63) is 43.5 Å². The normalized spacial score (nSPS) is 16.7. The van der Waals surface area contributed by atoms with Crippen LogP contribution >= 0.6 is 0 Å². The van der Waals surface area contributed by atoms with E-state index in [0.29, 0.717) is 0 Å². The standard InChI is InChI=1S/C12H17N.C2H4/c1-11-7-9-13(10-8-11)12-5-3-2-4-6-12;1-2/h2-6,11H,7-10H2,1H3;1-2H2. The molecule has 82 valence electrons. The van der Waals surface area contributed by atoms with Gasteiger partial charge in [-0.1, -0.05) is 25.1 Å². The second-order valence-corrected chi connectivity index (χ2v) is 4.01. The lowest BCUT2D eigenvalue weighted by atomic mass is 9.99. The molecule has 0 bridgehead atoms. The van der Waals surface area contributed by atoms with Gasteiger partial charge in [-0.2, -0.15) is 0 Å². The number of benzene rings is 1. The number of rotatable bonds is 1. The van der Waals surface area contributed by atoms with Crippen molar-refractivity contribution in [3.8, 4) is 0 Å². The second kappa shape index (κ2) is 6.28. The highest BCUT2D eigenvalue weighted by atomic mass is 15.1. The molecule has 0 atom stereocenters. The van der Waals surface area contributed by atoms with Crippen molar-refractivity contribution in [1.29, 1.82) is 0 Å². The van der Waals surface area contributed by atoms with E-state index in [9.17, 15) is 0 Å². The molecular formula is C14H21N. The summed E-state index contributed by atoms with van der Waals surface area (Å²) in [6.45, 7) is 10.8. The van der Waals surface area contributed by atoms with Crippen molar-refractivity contribution in [2.24, 2.45) is 5.92 Å². The van der Waals surface area contributed by atoms with Crippen molar-refractivity contribution in [2.75, 3.05) is 18.0 Å². The van der Waals surface area contributed by atoms with Crippen LogP contribution in [0.25, 0.3) is 0 Å². The summed E-state index contributed by atoms with van der Waals surface area (Å²) in [6.07, 6.45) is 2.68. The van der Waals surface area contributed by atoms with Gasteiger partial charge in [-0.25, -0.2) is 0 Å². The molecule has 1 fully saturated rings. The Balaban J connectivity index is 0.000000531. The van der Waals surface area contributed by atoms with Crippen LogP contribution in [0, 0.1) is 5.92 Å². The fourth-order valence-electron chi connectivity index (χ4n) is 1.91. The van der Waals surface area contributed by atoms with Crippen LogP contribution in [0.1, 0.15) is 19.8 Å². The molecule has 1 aliphatic rings. The number of hydrogen-bond acceptors (Lipinski definition) is 1. The highest BCUT2D eigenvalue weighted by Crippen LogP contribution is 2.21. The Morgan fingerprint density at radius 1 is 1.07 bits per heavy atom. The van der Waals surface area contributed by atoms with Gasteiger partial charge in [0.1, 0.15) is 0 Å². The summed E-state index contributed by atoms with van der Waals surface area (Å²) in [5.41, 5.74) is 1.38. The molecule has 15 heavy (non-hydrogen) atoms. The third kappa shape index (κ3) is 3.43. The van der Waals surface area contributed by atoms with Gasteiger partial charge in [0.2, 0.25) is 0 Å². The minimum Gasteiger partial charge on any atom is -0.372 e. The zero-order valence-corrected chi connectivity index (χ0v) is 9.65. The van der Waals surface area contributed by atoms with Gasteiger partial charge in [-0.05, 0) is 30.9 Å². The molecule has 0 saturated carbocycles. The molecule has 1 saturated heterocycles. The van der Waals surface area contributed by atoms with Gasteiger partial charge < -0.3 is 4.90 Å². The van der Waals surface area contributed by atoms with E-state index in [4.69, 9.17) is 0 Å². The minimum atomic E-state index is 0.917. The van der Waals surface area contributed by atoms with Crippen LogP contribution in [-0.4, -0.2) is 13.1 Å². The lowest BCUT2D eigenvalue weighted by molar-refractivity contribution is 0.438. The first kappa shape index (κ1) is 11.8. The molecule has 0 aromatic heterocycles. The van der Waals surface area contributed by atoms with Crippen molar-refractivity contribution < 1.29 is 0 Å². The van der Waals surface area contributed by atoms with Gasteiger partial charge in [0.25, 0.3) is 0 Å². The lowest BCUT2D eigenvalue weighted by Crippen LogP contribution is -2.32. The zero-order chi connectivity index (χ0) is 11.1. The predicted octanol–water partition coefficient (Wildman–Crippen LogP) is 3.73. The monoisotopic (exact) mass is 203 g/mol. The third-order valence-electron chi connectivity index (χ3n) is 2.90. The van der Waals surface area contributed by atoms with Crippen molar-refractivity contribution >= 4 is 5.69 Å². The highest BCUT2D eigenvalue weighted by molar-refractivity contribution is 5.46. The Bertz CT molecular complexity index is 260. The van der Waals surface area contributed by atoms with Crippen molar-refractivity contribution in [1.82, 2.24) is 0 Å². The Morgan fingerprint density at radius 3 is 2.13 bits per heavy atom. The Hall–Kier alpha value is -1.24. The molecule has 1 heteroatoms. The molecule has 0 unspecified atom stereocenters. The fourth-order valence-corrected chi connectivity index (χ4v) is 1.91. The SMILES string of the molecule is C=C.CC1CCN(c2ccccc2)CC1. The van der Waals surface area contributed by atoms with Crippen molar-refractivity contribution in [3.63, 3.8) is 0 Å². The first-order valence-electron chi connectivity index (χ1n) is 5.66. The Morgan fingerprint density at radius 2 is 1.60 bits per heavy atom. The van der Waals surface area contributed by atoms with Gasteiger partial charge in [0, 0.05) is 18.8 Å². The molecule has 1 aliphatic heterocycles. The average molecular weight is 203 g/mol. The van der Waals surface area contributed by atoms with Gasteiger partial charge in [0.15, 0.2) is 0 Å². The molecule has 0 radical (unpaired) electrons. The fraction of sp³-hybridized carbons (Fsp3) is 0.429. The molecule has 0 aliphatic carbocycles. The van der Waals surface area contributed by atoms with E-state index < -0.39 is 0 Å². The van der Waals surface area contributed by atoms with E-state index in [1.165, 1.54) is 31.6 Å². The van der Waals surface area contributed by atoms with Crippen LogP contribution < -0.4 is 4.90 Å². The van der Waals surface area contributed by atoms with Crippen molar-refractivity contribution in [2.45, 2.75) is 19.8 Å². The summed E-state index contributed by atoms with van der Waals surface area (Å²) in [5, 5.41) is 0. The molecular weight excluding hydrogens is 182 g/mol. The summed E-state index contributed by atoms with van der Waals surface area (Å²) >= 11 is 0. The smallest absolute Gasteiger partial charge is 0.0366 e. The maximum Gasteiger partial charge on any atom is 0.0366 e. The van der Waals surface area contributed by atoms with Crippen LogP contribution in [0.3, 0.4) is 0 Å². The van der Waals surface area contributed by atoms with E-state index in [2.05, 4.69) is 55.3 Å². The van der Waals surface area contributed by atoms with Crippen LogP contribution in [0.15, 0.2) is 43.5 Å². The predicted molar refractivity (Wildman–Crippen MR) is 68.3 cm³/mol. The van der Waals surface area contributed by atoms with Gasteiger partial charge in [0.05, 0.1) is 0 Å². The summed E-state index contributed by atoms with van der Waals surface area (Å²) in [4.78, 5) is 2.49. The van der Waals surface area contributed by atoms with E-state index in [1.807, 2.05) is 0 Å².